The highest BCUT2D eigenvalue weighted by molar-refractivity contribution is 5.60. The van der Waals surface area contributed by atoms with E-state index in [4.69, 9.17) is 5.73 Å². The minimum Gasteiger partial charge on any atom is -0.399 e. The van der Waals surface area contributed by atoms with Crippen molar-refractivity contribution in [2.45, 2.75) is 13.5 Å². The van der Waals surface area contributed by atoms with Gasteiger partial charge in [-0.25, -0.2) is 0 Å². The van der Waals surface area contributed by atoms with Crippen molar-refractivity contribution in [3.63, 3.8) is 0 Å². The van der Waals surface area contributed by atoms with Crippen molar-refractivity contribution in [2.24, 2.45) is 0 Å². The lowest BCUT2D eigenvalue weighted by Crippen LogP contribution is -1.93. The number of anilines is 1. The van der Waals surface area contributed by atoms with E-state index in [1.54, 1.807) is 0 Å². The zero-order chi connectivity index (χ0) is 9.97. The zero-order valence-corrected chi connectivity index (χ0v) is 8.07. The molecule has 0 saturated carbocycles. The van der Waals surface area contributed by atoms with Crippen LogP contribution in [0.5, 0.6) is 0 Å². The molecule has 2 rings (SSSR count). The molecule has 0 aliphatic carbocycles. The Kier molecular flexibility index (Phi) is 2.23. The third-order valence-corrected chi connectivity index (χ3v) is 2.09. The van der Waals surface area contributed by atoms with Crippen LogP contribution in [0.15, 0.2) is 30.5 Å². The summed E-state index contributed by atoms with van der Waals surface area (Å²) in [7, 11) is 0. The maximum atomic E-state index is 5.60. The standard InChI is InChI=1S/C11H12N3/c1-2-14-8-7-11(13-14)9-3-5-10(12)6-4-9/h3-6,8H,2,12H2,1H3. The molecule has 0 bridgehead atoms. The number of hydrogen-bond donors (Lipinski definition) is 1. The molecule has 0 fully saturated rings. The summed E-state index contributed by atoms with van der Waals surface area (Å²) in [6.45, 7) is 2.92. The SMILES string of the molecule is CCn1c[c]c(-c2ccc(N)cc2)n1. The Bertz CT molecular complexity index is 414. The van der Waals surface area contributed by atoms with Crippen molar-refractivity contribution < 1.29 is 0 Å². The molecule has 1 aromatic carbocycles. The Morgan fingerprint density at radius 1 is 1.36 bits per heavy atom. The van der Waals surface area contributed by atoms with E-state index >= 15 is 0 Å². The van der Waals surface area contributed by atoms with Gasteiger partial charge in [0.15, 0.2) is 0 Å². The molecule has 3 nitrogen and oxygen atoms in total. The van der Waals surface area contributed by atoms with Crippen molar-refractivity contribution >= 4 is 5.69 Å². The molecule has 71 valence electrons. The van der Waals surface area contributed by atoms with E-state index in [0.29, 0.717) is 0 Å². The number of benzene rings is 1. The number of nitrogen functional groups attached to an aromatic ring is 1. The van der Waals surface area contributed by atoms with Crippen LogP contribution in [0.4, 0.5) is 5.69 Å². The minimum atomic E-state index is 0.767. The summed E-state index contributed by atoms with van der Waals surface area (Å²) in [5.74, 6) is 0. The lowest BCUT2D eigenvalue weighted by atomic mass is 10.1. The molecule has 0 unspecified atom stereocenters. The van der Waals surface area contributed by atoms with E-state index in [1.807, 2.05) is 42.1 Å². The Morgan fingerprint density at radius 3 is 2.64 bits per heavy atom. The second-order valence-electron chi connectivity index (χ2n) is 3.10. The molecule has 2 N–H and O–H groups in total. The van der Waals surface area contributed by atoms with Gasteiger partial charge in [0, 0.05) is 30.1 Å². The fourth-order valence-electron chi connectivity index (χ4n) is 1.27. The summed E-state index contributed by atoms with van der Waals surface area (Å²) in [6, 6.07) is 10.7. The van der Waals surface area contributed by atoms with Crippen molar-refractivity contribution in [3.05, 3.63) is 36.5 Å². The number of aryl methyl sites for hydroxylation is 1. The molecule has 14 heavy (non-hydrogen) atoms. The average molecular weight is 186 g/mol. The summed E-state index contributed by atoms with van der Waals surface area (Å²) in [5, 5.41) is 4.35. The topological polar surface area (TPSA) is 43.8 Å². The van der Waals surface area contributed by atoms with Gasteiger partial charge < -0.3 is 5.73 Å². The molecular weight excluding hydrogens is 174 g/mol. The van der Waals surface area contributed by atoms with Crippen LogP contribution in [0.2, 0.25) is 0 Å². The molecule has 3 heteroatoms. The molecule has 1 heterocycles. The summed E-state index contributed by atoms with van der Waals surface area (Å²) >= 11 is 0. The lowest BCUT2D eigenvalue weighted by Gasteiger charge is -1.97. The molecular formula is C11H12N3. The van der Waals surface area contributed by atoms with Crippen LogP contribution < -0.4 is 5.73 Å². The quantitative estimate of drug-likeness (QED) is 0.728. The predicted octanol–water partition coefficient (Wildman–Crippen LogP) is 1.95. The van der Waals surface area contributed by atoms with Crippen LogP contribution in [-0.2, 0) is 6.54 Å². The van der Waals surface area contributed by atoms with Crippen LogP contribution in [0.25, 0.3) is 11.3 Å². The second-order valence-corrected chi connectivity index (χ2v) is 3.10. The van der Waals surface area contributed by atoms with E-state index in [9.17, 15) is 0 Å². The molecule has 0 saturated heterocycles. The minimum absolute atomic E-state index is 0.767. The summed E-state index contributed by atoms with van der Waals surface area (Å²) in [4.78, 5) is 0. The van der Waals surface area contributed by atoms with Gasteiger partial charge in [0.05, 0.1) is 0 Å². The predicted molar refractivity (Wildman–Crippen MR) is 56.6 cm³/mol. The average Bonchev–Trinajstić information content (AvgIpc) is 2.67. The van der Waals surface area contributed by atoms with E-state index in [-0.39, 0.29) is 0 Å². The maximum absolute atomic E-state index is 5.60. The molecule has 1 radical (unpaired) electrons. The van der Waals surface area contributed by atoms with Crippen LogP contribution in [0, 0.1) is 6.07 Å². The Labute approximate surface area is 83.2 Å². The van der Waals surface area contributed by atoms with Crippen molar-refractivity contribution in [1.29, 1.82) is 0 Å². The van der Waals surface area contributed by atoms with Gasteiger partial charge >= 0.3 is 0 Å². The first kappa shape index (κ1) is 8.81. The third-order valence-electron chi connectivity index (χ3n) is 2.09. The molecule has 0 amide bonds. The fourth-order valence-corrected chi connectivity index (χ4v) is 1.27. The number of nitrogens with two attached hydrogens (primary N) is 1. The molecule has 0 spiro atoms. The van der Waals surface area contributed by atoms with Gasteiger partial charge in [0.1, 0.15) is 5.69 Å². The second kappa shape index (κ2) is 3.54. The van der Waals surface area contributed by atoms with Crippen molar-refractivity contribution in [1.82, 2.24) is 9.78 Å². The first-order valence-corrected chi connectivity index (χ1v) is 4.60. The monoisotopic (exact) mass is 186 g/mol. The van der Waals surface area contributed by atoms with E-state index in [0.717, 1.165) is 23.5 Å². The van der Waals surface area contributed by atoms with Gasteiger partial charge in [0.2, 0.25) is 0 Å². The Balaban J connectivity index is 2.34. The largest absolute Gasteiger partial charge is 0.399 e. The van der Waals surface area contributed by atoms with Gasteiger partial charge in [-0.15, -0.1) is 0 Å². The van der Waals surface area contributed by atoms with Gasteiger partial charge in [-0.05, 0) is 19.1 Å². The maximum Gasteiger partial charge on any atom is 0.100 e. The van der Waals surface area contributed by atoms with Crippen LogP contribution >= 0.6 is 0 Å². The van der Waals surface area contributed by atoms with Crippen molar-refractivity contribution in [3.8, 4) is 11.3 Å². The number of hydrogen-bond acceptors (Lipinski definition) is 2. The van der Waals surface area contributed by atoms with Gasteiger partial charge in [-0.2, -0.15) is 5.10 Å². The molecule has 0 aliphatic rings. The number of nitrogens with zero attached hydrogens (tertiary/aromatic N) is 2. The van der Waals surface area contributed by atoms with E-state index in [1.165, 1.54) is 0 Å². The highest BCUT2D eigenvalue weighted by Gasteiger charge is 2.00. The molecule has 0 atom stereocenters. The first-order valence-electron chi connectivity index (χ1n) is 4.60. The Hall–Kier alpha value is -1.77. The first-order chi connectivity index (χ1) is 6.79. The summed E-state index contributed by atoms with van der Waals surface area (Å²) < 4.78 is 1.85. The zero-order valence-electron chi connectivity index (χ0n) is 8.07. The smallest absolute Gasteiger partial charge is 0.100 e. The fraction of sp³-hybridized carbons (Fsp3) is 0.182. The Morgan fingerprint density at radius 2 is 2.07 bits per heavy atom. The number of rotatable bonds is 2. The highest BCUT2D eigenvalue weighted by atomic mass is 15.3. The summed E-state index contributed by atoms with van der Waals surface area (Å²) in [6.07, 6.45) is 1.85. The summed E-state index contributed by atoms with van der Waals surface area (Å²) in [5.41, 5.74) is 8.28. The lowest BCUT2D eigenvalue weighted by molar-refractivity contribution is 0.662. The highest BCUT2D eigenvalue weighted by Crippen LogP contribution is 2.17. The van der Waals surface area contributed by atoms with Gasteiger partial charge in [-0.1, -0.05) is 12.1 Å². The van der Waals surface area contributed by atoms with Crippen LogP contribution in [0.3, 0.4) is 0 Å². The van der Waals surface area contributed by atoms with Gasteiger partial charge in [-0.3, -0.25) is 4.68 Å². The molecule has 1 aromatic heterocycles. The van der Waals surface area contributed by atoms with E-state index < -0.39 is 0 Å². The molecule has 2 aromatic rings. The molecule has 0 aliphatic heterocycles. The van der Waals surface area contributed by atoms with Crippen LogP contribution in [-0.4, -0.2) is 9.78 Å². The normalized spacial score (nSPS) is 10.4. The van der Waals surface area contributed by atoms with Crippen LogP contribution in [0.1, 0.15) is 6.92 Å². The third kappa shape index (κ3) is 1.62. The van der Waals surface area contributed by atoms with Gasteiger partial charge in [0.25, 0.3) is 0 Å². The number of aromatic nitrogens is 2. The van der Waals surface area contributed by atoms with E-state index in [2.05, 4.69) is 11.2 Å². The van der Waals surface area contributed by atoms with Crippen molar-refractivity contribution in [2.75, 3.05) is 5.73 Å².